The van der Waals surface area contributed by atoms with Crippen molar-refractivity contribution in [1.29, 1.82) is 0 Å². The lowest BCUT2D eigenvalue weighted by Crippen LogP contribution is -2.57. The van der Waals surface area contributed by atoms with Gasteiger partial charge in [0.2, 0.25) is 0 Å². The van der Waals surface area contributed by atoms with E-state index in [0.29, 0.717) is 13.0 Å². The topological polar surface area (TPSA) is 88.1 Å². The van der Waals surface area contributed by atoms with Crippen molar-refractivity contribution in [3.05, 3.63) is 0 Å². The Balaban J connectivity index is 2.61. The number of nitrogens with zero attached hydrogens (tertiary/aromatic N) is 1. The molecule has 1 rings (SSSR count). The number of rotatable bonds is 2. The molecule has 7 heteroatoms. The van der Waals surface area contributed by atoms with E-state index >= 15 is 0 Å². The normalized spacial score (nSPS) is 23.9. The van der Waals surface area contributed by atoms with Gasteiger partial charge >= 0.3 is 12.2 Å². The van der Waals surface area contributed by atoms with Crippen molar-refractivity contribution in [1.82, 2.24) is 10.2 Å². The molecule has 7 nitrogen and oxygen atoms in total. The summed E-state index contributed by atoms with van der Waals surface area (Å²) in [6, 6.07) is -0.398. The molecule has 1 aliphatic rings. The van der Waals surface area contributed by atoms with Crippen LogP contribution in [0, 0.1) is 0 Å². The SMILES string of the molecule is CO[C@@H]1CCN(C(=O)O)C[C@@H]1NC(=O)OC(C)(C)C. The zero-order valence-electron chi connectivity index (χ0n) is 11.8. The van der Waals surface area contributed by atoms with Crippen LogP contribution in [-0.4, -0.2) is 60.1 Å². The van der Waals surface area contributed by atoms with E-state index in [4.69, 9.17) is 14.6 Å². The summed E-state index contributed by atoms with van der Waals surface area (Å²) in [7, 11) is 1.55. The van der Waals surface area contributed by atoms with Crippen LogP contribution >= 0.6 is 0 Å². The molecule has 0 radical (unpaired) electrons. The Labute approximate surface area is 112 Å². The van der Waals surface area contributed by atoms with E-state index in [1.165, 1.54) is 4.90 Å². The zero-order valence-corrected chi connectivity index (χ0v) is 11.8. The van der Waals surface area contributed by atoms with Gasteiger partial charge in [0.1, 0.15) is 5.60 Å². The molecule has 2 amide bonds. The molecule has 1 saturated heterocycles. The summed E-state index contributed by atoms with van der Waals surface area (Å²) < 4.78 is 10.4. The van der Waals surface area contributed by atoms with E-state index in [0.717, 1.165) is 0 Å². The van der Waals surface area contributed by atoms with Crippen molar-refractivity contribution in [2.45, 2.75) is 44.9 Å². The van der Waals surface area contributed by atoms with Crippen LogP contribution in [0.1, 0.15) is 27.2 Å². The molecule has 2 N–H and O–H groups in total. The monoisotopic (exact) mass is 274 g/mol. The summed E-state index contributed by atoms with van der Waals surface area (Å²) in [5.41, 5.74) is -0.589. The van der Waals surface area contributed by atoms with Crippen molar-refractivity contribution < 1.29 is 24.2 Å². The van der Waals surface area contributed by atoms with Crippen LogP contribution in [0.4, 0.5) is 9.59 Å². The number of nitrogens with one attached hydrogen (secondary N) is 1. The Morgan fingerprint density at radius 3 is 2.47 bits per heavy atom. The molecule has 0 aromatic rings. The van der Waals surface area contributed by atoms with Gasteiger partial charge in [-0.3, -0.25) is 0 Å². The van der Waals surface area contributed by atoms with Crippen LogP contribution in [0.15, 0.2) is 0 Å². The molecule has 110 valence electrons. The van der Waals surface area contributed by atoms with Crippen LogP contribution in [0.2, 0.25) is 0 Å². The molecule has 0 aromatic carbocycles. The van der Waals surface area contributed by atoms with Gasteiger partial charge in [-0.25, -0.2) is 9.59 Å². The molecule has 0 aliphatic carbocycles. The predicted octanol–water partition coefficient (Wildman–Crippen LogP) is 1.28. The Morgan fingerprint density at radius 1 is 1.37 bits per heavy atom. The smallest absolute Gasteiger partial charge is 0.408 e. The number of likely N-dealkylation sites (tertiary alicyclic amines) is 1. The second kappa shape index (κ2) is 6.10. The van der Waals surface area contributed by atoms with Gasteiger partial charge < -0.3 is 24.8 Å². The Bertz CT molecular complexity index is 340. The molecule has 1 fully saturated rings. The fraction of sp³-hybridized carbons (Fsp3) is 0.833. The van der Waals surface area contributed by atoms with Crippen molar-refractivity contribution in [3.8, 4) is 0 Å². The second-order valence-corrected chi connectivity index (χ2v) is 5.54. The number of alkyl carbamates (subject to hydrolysis) is 1. The number of amides is 2. The highest BCUT2D eigenvalue weighted by atomic mass is 16.6. The number of carbonyl (C=O) groups is 2. The first-order chi connectivity index (χ1) is 8.73. The van der Waals surface area contributed by atoms with Crippen LogP contribution in [0.3, 0.4) is 0 Å². The summed E-state index contributed by atoms with van der Waals surface area (Å²) >= 11 is 0. The highest BCUT2D eigenvalue weighted by Crippen LogP contribution is 2.15. The quantitative estimate of drug-likeness (QED) is 0.792. The average molecular weight is 274 g/mol. The van der Waals surface area contributed by atoms with Gasteiger partial charge in [0.05, 0.1) is 12.1 Å². The standard InChI is InChI=1S/C12H22N2O5/c1-12(2,3)19-10(15)13-8-7-14(11(16)17)6-5-9(8)18-4/h8-9H,5-7H2,1-4H3,(H,13,15)(H,16,17)/t8-,9+/m0/s1. The maximum absolute atomic E-state index is 11.7. The van der Waals surface area contributed by atoms with Crippen LogP contribution < -0.4 is 5.32 Å². The number of methoxy groups -OCH3 is 1. The molecule has 0 saturated carbocycles. The molecule has 19 heavy (non-hydrogen) atoms. The fourth-order valence-corrected chi connectivity index (χ4v) is 1.98. The first-order valence-electron chi connectivity index (χ1n) is 6.23. The Kier molecular flexibility index (Phi) is 4.99. The van der Waals surface area contributed by atoms with Gasteiger partial charge in [0.25, 0.3) is 0 Å². The molecule has 0 unspecified atom stereocenters. The van der Waals surface area contributed by atoms with Crippen molar-refractivity contribution in [2.75, 3.05) is 20.2 Å². The maximum atomic E-state index is 11.7. The van der Waals surface area contributed by atoms with E-state index < -0.39 is 23.8 Å². The summed E-state index contributed by atoms with van der Waals surface area (Å²) in [5, 5.41) is 11.6. The van der Waals surface area contributed by atoms with Gasteiger partial charge in [-0.1, -0.05) is 0 Å². The van der Waals surface area contributed by atoms with E-state index in [1.54, 1.807) is 27.9 Å². The highest BCUT2D eigenvalue weighted by Gasteiger charge is 2.33. The van der Waals surface area contributed by atoms with Gasteiger partial charge in [0.15, 0.2) is 0 Å². The zero-order chi connectivity index (χ0) is 14.6. The molecular weight excluding hydrogens is 252 g/mol. The van der Waals surface area contributed by atoms with Crippen molar-refractivity contribution in [2.24, 2.45) is 0 Å². The first kappa shape index (κ1) is 15.6. The van der Waals surface area contributed by atoms with Crippen molar-refractivity contribution >= 4 is 12.2 Å². The van der Waals surface area contributed by atoms with E-state index in [2.05, 4.69) is 5.32 Å². The van der Waals surface area contributed by atoms with Gasteiger partial charge in [-0.05, 0) is 27.2 Å². The van der Waals surface area contributed by atoms with Crippen LogP contribution in [-0.2, 0) is 9.47 Å². The molecule has 0 aromatic heterocycles. The fourth-order valence-electron chi connectivity index (χ4n) is 1.98. The van der Waals surface area contributed by atoms with Gasteiger partial charge in [-0.2, -0.15) is 0 Å². The molecule has 1 heterocycles. The number of hydrogen-bond acceptors (Lipinski definition) is 4. The molecule has 2 atom stereocenters. The number of ether oxygens (including phenoxy) is 2. The highest BCUT2D eigenvalue weighted by molar-refractivity contribution is 5.69. The molecule has 1 aliphatic heterocycles. The largest absolute Gasteiger partial charge is 0.465 e. The third kappa shape index (κ3) is 4.94. The van der Waals surface area contributed by atoms with Gasteiger partial charge in [0, 0.05) is 20.2 Å². The van der Waals surface area contributed by atoms with Crippen LogP contribution in [0.5, 0.6) is 0 Å². The third-order valence-corrected chi connectivity index (χ3v) is 2.82. The van der Waals surface area contributed by atoms with Crippen LogP contribution in [0.25, 0.3) is 0 Å². The minimum absolute atomic E-state index is 0.201. The first-order valence-corrected chi connectivity index (χ1v) is 6.23. The molecular formula is C12H22N2O5. The van der Waals surface area contributed by atoms with Gasteiger partial charge in [-0.15, -0.1) is 0 Å². The predicted molar refractivity (Wildman–Crippen MR) is 68.2 cm³/mol. The Hall–Kier alpha value is -1.50. The Morgan fingerprint density at radius 2 is 2.00 bits per heavy atom. The summed E-state index contributed by atoms with van der Waals surface area (Å²) in [4.78, 5) is 23.9. The minimum atomic E-state index is -0.995. The lowest BCUT2D eigenvalue weighted by Gasteiger charge is -2.36. The summed E-state index contributed by atoms with van der Waals surface area (Å²) in [6.45, 7) is 5.91. The molecule has 0 bridgehead atoms. The summed E-state index contributed by atoms with van der Waals surface area (Å²) in [5.74, 6) is 0. The molecule has 0 spiro atoms. The third-order valence-electron chi connectivity index (χ3n) is 2.82. The van der Waals surface area contributed by atoms with E-state index in [9.17, 15) is 9.59 Å². The summed E-state index contributed by atoms with van der Waals surface area (Å²) in [6.07, 6.45) is -1.22. The maximum Gasteiger partial charge on any atom is 0.408 e. The number of hydrogen-bond donors (Lipinski definition) is 2. The number of carbonyl (C=O) groups excluding carboxylic acids is 1. The lowest BCUT2D eigenvalue weighted by molar-refractivity contribution is 0.00432. The minimum Gasteiger partial charge on any atom is -0.465 e. The second-order valence-electron chi connectivity index (χ2n) is 5.54. The lowest BCUT2D eigenvalue weighted by atomic mass is 10.0. The van der Waals surface area contributed by atoms with E-state index in [1.807, 2.05) is 0 Å². The van der Waals surface area contributed by atoms with Crippen molar-refractivity contribution in [3.63, 3.8) is 0 Å². The number of piperidine rings is 1. The van der Waals surface area contributed by atoms with E-state index in [-0.39, 0.29) is 12.6 Å². The average Bonchev–Trinajstić information content (AvgIpc) is 2.26. The number of carboxylic acid groups (broad SMARTS) is 1.